The first-order valence-electron chi connectivity index (χ1n) is 10.5. The highest BCUT2D eigenvalue weighted by Crippen LogP contribution is 2.25. The number of methoxy groups -OCH3 is 1. The maximum Gasteiger partial charge on any atom is 0.410 e. The van der Waals surface area contributed by atoms with E-state index in [2.05, 4.69) is 10.4 Å². The SMILES string of the molecule is COc1cnn(C)c(=O)c1-c1ccc(C[C@H](NC(=O)CN(C)C(=O)OC(C)(C)C)C(=O)O)cc1. The fraction of sp³-hybridized carbons (Fsp3) is 0.435. The molecule has 34 heavy (non-hydrogen) atoms. The quantitative estimate of drug-likeness (QED) is 0.586. The third kappa shape index (κ3) is 7.06. The van der Waals surface area contributed by atoms with E-state index in [4.69, 9.17) is 9.47 Å². The molecule has 11 nitrogen and oxygen atoms in total. The highest BCUT2D eigenvalue weighted by Gasteiger charge is 2.25. The first-order chi connectivity index (χ1) is 15.8. The van der Waals surface area contributed by atoms with Gasteiger partial charge in [0.05, 0.1) is 18.9 Å². The Kier molecular flexibility index (Phi) is 8.39. The summed E-state index contributed by atoms with van der Waals surface area (Å²) in [4.78, 5) is 49.6. The summed E-state index contributed by atoms with van der Waals surface area (Å²) in [6.45, 7) is 4.75. The Balaban J connectivity index is 2.10. The summed E-state index contributed by atoms with van der Waals surface area (Å²) in [6, 6.07) is 5.47. The number of rotatable bonds is 8. The maximum atomic E-state index is 12.5. The van der Waals surface area contributed by atoms with Crippen molar-refractivity contribution in [1.29, 1.82) is 0 Å². The van der Waals surface area contributed by atoms with Gasteiger partial charge in [0.1, 0.15) is 18.2 Å². The molecule has 0 radical (unpaired) electrons. The van der Waals surface area contributed by atoms with Crippen LogP contribution in [0.5, 0.6) is 5.75 Å². The molecule has 1 aromatic carbocycles. The monoisotopic (exact) mass is 474 g/mol. The molecule has 11 heteroatoms. The van der Waals surface area contributed by atoms with E-state index in [-0.39, 0.29) is 18.5 Å². The molecule has 0 unspecified atom stereocenters. The summed E-state index contributed by atoms with van der Waals surface area (Å²) in [6.07, 6.45) is 0.751. The van der Waals surface area contributed by atoms with Gasteiger partial charge in [0.2, 0.25) is 5.91 Å². The van der Waals surface area contributed by atoms with Crippen LogP contribution in [0, 0.1) is 0 Å². The van der Waals surface area contributed by atoms with Crippen LogP contribution in [0.2, 0.25) is 0 Å². The summed E-state index contributed by atoms with van der Waals surface area (Å²) in [5.41, 5.74) is 0.485. The zero-order valence-electron chi connectivity index (χ0n) is 20.1. The minimum absolute atomic E-state index is 0.00297. The molecule has 0 spiro atoms. The van der Waals surface area contributed by atoms with Gasteiger partial charge in [-0.05, 0) is 31.9 Å². The van der Waals surface area contributed by atoms with Crippen molar-refractivity contribution in [1.82, 2.24) is 20.0 Å². The predicted molar refractivity (Wildman–Crippen MR) is 124 cm³/mol. The Morgan fingerprint density at radius 1 is 1.21 bits per heavy atom. The van der Waals surface area contributed by atoms with E-state index < -0.39 is 29.6 Å². The Hall–Kier alpha value is -3.89. The number of amides is 2. The van der Waals surface area contributed by atoms with Gasteiger partial charge in [-0.15, -0.1) is 0 Å². The number of nitrogens with one attached hydrogen (secondary N) is 1. The van der Waals surface area contributed by atoms with Crippen LogP contribution in [-0.4, -0.2) is 70.1 Å². The van der Waals surface area contributed by atoms with Crippen LogP contribution in [0.3, 0.4) is 0 Å². The highest BCUT2D eigenvalue weighted by molar-refractivity contribution is 5.86. The van der Waals surface area contributed by atoms with Crippen molar-refractivity contribution in [3.63, 3.8) is 0 Å². The number of aromatic nitrogens is 2. The van der Waals surface area contributed by atoms with E-state index in [1.54, 1.807) is 45.0 Å². The lowest BCUT2D eigenvalue weighted by Crippen LogP contribution is -2.47. The summed E-state index contributed by atoms with van der Waals surface area (Å²) in [5.74, 6) is -1.54. The molecule has 1 aromatic heterocycles. The normalized spacial score (nSPS) is 11.9. The topological polar surface area (TPSA) is 140 Å². The van der Waals surface area contributed by atoms with Crippen molar-refractivity contribution in [2.45, 2.75) is 38.8 Å². The number of ether oxygens (including phenoxy) is 2. The highest BCUT2D eigenvalue weighted by atomic mass is 16.6. The number of hydrogen-bond acceptors (Lipinski definition) is 7. The Morgan fingerprint density at radius 3 is 2.35 bits per heavy atom. The van der Waals surface area contributed by atoms with Crippen molar-refractivity contribution >= 4 is 18.0 Å². The van der Waals surface area contributed by atoms with Gasteiger partial charge in [0, 0.05) is 20.5 Å². The molecule has 0 saturated heterocycles. The Morgan fingerprint density at radius 2 is 1.82 bits per heavy atom. The van der Waals surface area contributed by atoms with E-state index in [9.17, 15) is 24.3 Å². The fourth-order valence-electron chi connectivity index (χ4n) is 3.05. The molecule has 0 aliphatic rings. The van der Waals surface area contributed by atoms with E-state index in [0.29, 0.717) is 22.4 Å². The summed E-state index contributed by atoms with van der Waals surface area (Å²) in [5, 5.41) is 15.9. The molecular weight excluding hydrogens is 444 g/mol. The van der Waals surface area contributed by atoms with Crippen LogP contribution in [0.25, 0.3) is 11.1 Å². The van der Waals surface area contributed by atoms with E-state index in [1.165, 1.54) is 32.1 Å². The average Bonchev–Trinajstić information content (AvgIpc) is 2.74. The molecule has 0 fully saturated rings. The van der Waals surface area contributed by atoms with Crippen molar-refractivity contribution in [2.75, 3.05) is 20.7 Å². The molecular formula is C23H30N4O7. The number of likely N-dealkylation sites (N-methyl/N-ethyl adjacent to an activating group) is 1. The van der Waals surface area contributed by atoms with Gasteiger partial charge in [0.15, 0.2) is 5.75 Å². The zero-order chi connectivity index (χ0) is 25.6. The minimum atomic E-state index is -1.22. The number of carboxylic acid groups (broad SMARTS) is 1. The van der Waals surface area contributed by atoms with Crippen LogP contribution in [-0.2, 0) is 27.8 Å². The molecule has 0 aliphatic carbocycles. The van der Waals surface area contributed by atoms with Crippen LogP contribution in [0.4, 0.5) is 4.79 Å². The lowest BCUT2D eigenvalue weighted by Gasteiger charge is -2.24. The Bertz CT molecular complexity index is 1100. The molecule has 2 amide bonds. The summed E-state index contributed by atoms with van der Waals surface area (Å²) in [7, 11) is 4.36. The molecule has 1 heterocycles. The number of carboxylic acids is 1. The number of carbonyl (C=O) groups excluding carboxylic acids is 2. The molecule has 0 saturated carbocycles. The van der Waals surface area contributed by atoms with Gasteiger partial charge < -0.3 is 24.8 Å². The van der Waals surface area contributed by atoms with Crippen LogP contribution >= 0.6 is 0 Å². The maximum absolute atomic E-state index is 12.5. The summed E-state index contributed by atoms with van der Waals surface area (Å²) < 4.78 is 11.6. The number of carbonyl (C=O) groups is 3. The lowest BCUT2D eigenvalue weighted by atomic mass is 10.0. The standard InChI is InChI=1S/C23H30N4O7/c1-23(2,3)34-22(32)26(4)13-18(28)25-16(21(30)31)11-14-7-9-15(10-8-14)19-17(33-6)12-24-27(5)20(19)29/h7-10,12,16H,11,13H2,1-6H3,(H,25,28)(H,30,31)/t16-/m0/s1. The minimum Gasteiger partial charge on any atom is -0.494 e. The van der Waals surface area contributed by atoms with Gasteiger partial charge in [-0.3, -0.25) is 9.59 Å². The van der Waals surface area contributed by atoms with Crippen LogP contribution in [0.15, 0.2) is 35.3 Å². The third-order valence-electron chi connectivity index (χ3n) is 4.72. The second-order valence-electron chi connectivity index (χ2n) is 8.71. The summed E-state index contributed by atoms with van der Waals surface area (Å²) >= 11 is 0. The molecule has 0 aliphatic heterocycles. The number of benzene rings is 1. The average molecular weight is 475 g/mol. The number of aryl methyl sites for hydroxylation is 1. The van der Waals surface area contributed by atoms with Crippen molar-refractivity contribution in [3.05, 3.63) is 46.4 Å². The number of hydrogen-bond donors (Lipinski definition) is 2. The lowest BCUT2D eigenvalue weighted by molar-refractivity contribution is -0.141. The first kappa shape index (κ1) is 26.4. The van der Waals surface area contributed by atoms with E-state index in [0.717, 1.165) is 4.90 Å². The molecule has 184 valence electrons. The smallest absolute Gasteiger partial charge is 0.410 e. The largest absolute Gasteiger partial charge is 0.494 e. The van der Waals surface area contributed by atoms with Crippen molar-refractivity contribution in [3.8, 4) is 16.9 Å². The zero-order valence-corrected chi connectivity index (χ0v) is 20.1. The van der Waals surface area contributed by atoms with E-state index >= 15 is 0 Å². The third-order valence-corrected chi connectivity index (χ3v) is 4.72. The number of nitrogens with zero attached hydrogens (tertiary/aromatic N) is 3. The van der Waals surface area contributed by atoms with Gasteiger partial charge >= 0.3 is 12.1 Å². The van der Waals surface area contributed by atoms with Crippen LogP contribution < -0.4 is 15.6 Å². The molecule has 2 N–H and O–H groups in total. The van der Waals surface area contributed by atoms with Gasteiger partial charge in [0.25, 0.3) is 5.56 Å². The van der Waals surface area contributed by atoms with Gasteiger partial charge in [-0.2, -0.15) is 5.10 Å². The Labute approximate surface area is 197 Å². The molecule has 2 rings (SSSR count). The molecule has 2 aromatic rings. The van der Waals surface area contributed by atoms with Gasteiger partial charge in [-0.25, -0.2) is 14.3 Å². The number of aliphatic carboxylic acids is 1. The van der Waals surface area contributed by atoms with Crippen molar-refractivity contribution < 1.29 is 29.0 Å². The fourth-order valence-corrected chi connectivity index (χ4v) is 3.05. The second-order valence-corrected chi connectivity index (χ2v) is 8.71. The van der Waals surface area contributed by atoms with Gasteiger partial charge in [-0.1, -0.05) is 24.3 Å². The molecule has 0 bridgehead atoms. The second kappa shape index (κ2) is 10.8. The first-order valence-corrected chi connectivity index (χ1v) is 10.5. The van der Waals surface area contributed by atoms with Crippen LogP contribution in [0.1, 0.15) is 26.3 Å². The predicted octanol–water partition coefficient (Wildman–Crippen LogP) is 1.43. The van der Waals surface area contributed by atoms with E-state index in [1.807, 2.05) is 0 Å². The molecule has 1 atom stereocenters. The van der Waals surface area contributed by atoms with Crippen molar-refractivity contribution in [2.24, 2.45) is 7.05 Å².